The predicted octanol–water partition coefficient (Wildman–Crippen LogP) is 3.30. The average molecular weight is 453 g/mol. The van der Waals surface area contributed by atoms with Gasteiger partial charge < -0.3 is 5.84 Å². The lowest BCUT2D eigenvalue weighted by Gasteiger charge is -2.05. The Balaban J connectivity index is 1.67. The molecule has 0 aliphatic heterocycles. The summed E-state index contributed by atoms with van der Waals surface area (Å²) >= 11 is 4.56. The van der Waals surface area contributed by atoms with Crippen molar-refractivity contribution in [1.82, 2.24) is 14.9 Å². The van der Waals surface area contributed by atoms with E-state index in [9.17, 15) is 8.42 Å². The molecule has 2 aromatic carbocycles. The number of hydrogen-bond acceptors (Lipinski definition) is 6. The van der Waals surface area contributed by atoms with Gasteiger partial charge in [0.15, 0.2) is 15.7 Å². The van der Waals surface area contributed by atoms with Crippen LogP contribution < -0.4 is 5.84 Å². The molecular formula is C17H17BrN4O2S2. The van der Waals surface area contributed by atoms with Crippen LogP contribution in [0.1, 0.15) is 5.56 Å². The summed E-state index contributed by atoms with van der Waals surface area (Å²) in [6.45, 7) is 2.00. The highest BCUT2D eigenvalue weighted by atomic mass is 79.9. The number of thioether (sulfide) groups is 1. The van der Waals surface area contributed by atoms with Crippen molar-refractivity contribution in [2.45, 2.75) is 17.0 Å². The van der Waals surface area contributed by atoms with Crippen LogP contribution in [0.2, 0.25) is 0 Å². The lowest BCUT2D eigenvalue weighted by atomic mass is 10.1. The van der Waals surface area contributed by atoms with Gasteiger partial charge in [-0.15, -0.1) is 10.2 Å². The minimum atomic E-state index is -3.35. The van der Waals surface area contributed by atoms with E-state index in [1.54, 1.807) is 24.3 Å². The Morgan fingerprint density at radius 1 is 1.08 bits per heavy atom. The van der Waals surface area contributed by atoms with Crippen LogP contribution >= 0.6 is 27.7 Å². The maximum atomic E-state index is 12.4. The largest absolute Gasteiger partial charge is 0.335 e. The third kappa shape index (κ3) is 4.28. The first-order valence-electron chi connectivity index (χ1n) is 7.75. The first-order valence-corrected chi connectivity index (χ1v) is 11.2. The lowest BCUT2D eigenvalue weighted by molar-refractivity contribution is 0.597. The standard InChI is InChI=1S/C17H17BrN4O2S2/c1-12-2-4-13(5-3-12)16-20-21-17(22(16)19)25-10-11-26(23,24)15-8-6-14(18)7-9-15/h2-9H,10-11,19H2,1H3. The molecule has 0 fully saturated rings. The topological polar surface area (TPSA) is 90.9 Å². The normalized spacial score (nSPS) is 11.6. The first-order chi connectivity index (χ1) is 12.4. The molecule has 3 aromatic rings. The summed E-state index contributed by atoms with van der Waals surface area (Å²) in [7, 11) is -3.35. The van der Waals surface area contributed by atoms with Crippen molar-refractivity contribution in [3.8, 4) is 11.4 Å². The molecule has 0 saturated carbocycles. The van der Waals surface area contributed by atoms with E-state index in [-0.39, 0.29) is 5.75 Å². The number of rotatable bonds is 6. The van der Waals surface area contributed by atoms with E-state index in [0.29, 0.717) is 21.6 Å². The summed E-state index contributed by atoms with van der Waals surface area (Å²) in [6, 6.07) is 14.4. The van der Waals surface area contributed by atoms with Crippen molar-refractivity contribution in [2.75, 3.05) is 17.3 Å². The number of benzene rings is 2. The number of aryl methyl sites for hydroxylation is 1. The van der Waals surface area contributed by atoms with Crippen LogP contribution in [0.15, 0.2) is 63.1 Å². The van der Waals surface area contributed by atoms with Gasteiger partial charge >= 0.3 is 0 Å². The highest BCUT2D eigenvalue weighted by Crippen LogP contribution is 2.23. The molecule has 0 aliphatic rings. The zero-order chi connectivity index (χ0) is 18.7. The third-order valence-electron chi connectivity index (χ3n) is 3.73. The number of aromatic nitrogens is 3. The molecule has 0 atom stereocenters. The molecule has 0 bridgehead atoms. The molecule has 6 nitrogen and oxygen atoms in total. The molecular weight excluding hydrogens is 436 g/mol. The number of sulfone groups is 1. The molecule has 1 aromatic heterocycles. The van der Waals surface area contributed by atoms with Crippen molar-refractivity contribution in [3.05, 3.63) is 58.6 Å². The Kier molecular flexibility index (Phi) is 5.69. The number of nitrogen functional groups attached to an aromatic ring is 1. The van der Waals surface area contributed by atoms with Crippen LogP contribution in [-0.4, -0.2) is 34.8 Å². The fraction of sp³-hybridized carbons (Fsp3) is 0.176. The Hall–Kier alpha value is -1.84. The second-order valence-corrected chi connectivity index (χ2v) is 9.75. The molecule has 0 radical (unpaired) electrons. The van der Waals surface area contributed by atoms with Crippen molar-refractivity contribution >= 4 is 37.5 Å². The monoisotopic (exact) mass is 452 g/mol. The van der Waals surface area contributed by atoms with Crippen molar-refractivity contribution < 1.29 is 8.42 Å². The van der Waals surface area contributed by atoms with Crippen LogP contribution in [0.25, 0.3) is 11.4 Å². The number of hydrogen-bond donors (Lipinski definition) is 1. The van der Waals surface area contributed by atoms with E-state index < -0.39 is 9.84 Å². The third-order valence-corrected chi connectivity index (χ3v) is 7.19. The SMILES string of the molecule is Cc1ccc(-c2nnc(SCCS(=O)(=O)c3ccc(Br)cc3)n2N)cc1. The number of nitrogens with zero attached hydrogens (tertiary/aromatic N) is 3. The maximum Gasteiger partial charge on any atom is 0.210 e. The van der Waals surface area contributed by atoms with Gasteiger partial charge in [-0.05, 0) is 31.2 Å². The Labute approximate surface area is 164 Å². The predicted molar refractivity (Wildman–Crippen MR) is 107 cm³/mol. The van der Waals surface area contributed by atoms with E-state index in [1.165, 1.54) is 16.4 Å². The molecule has 0 aliphatic carbocycles. The van der Waals surface area contributed by atoms with Gasteiger partial charge in [-0.1, -0.05) is 57.5 Å². The molecule has 2 N–H and O–H groups in total. The second kappa shape index (κ2) is 7.81. The number of nitrogens with two attached hydrogens (primary N) is 1. The van der Waals surface area contributed by atoms with Gasteiger partial charge in [0.1, 0.15) is 0 Å². The fourth-order valence-electron chi connectivity index (χ4n) is 2.28. The van der Waals surface area contributed by atoms with Crippen LogP contribution in [0, 0.1) is 6.92 Å². The molecule has 9 heteroatoms. The summed E-state index contributed by atoms with van der Waals surface area (Å²) in [4.78, 5) is 0.302. The van der Waals surface area contributed by atoms with Gasteiger partial charge in [-0.3, -0.25) is 0 Å². The van der Waals surface area contributed by atoms with Gasteiger partial charge in [0, 0.05) is 15.8 Å². The maximum absolute atomic E-state index is 12.4. The van der Waals surface area contributed by atoms with Crippen molar-refractivity contribution in [2.24, 2.45) is 0 Å². The molecule has 0 amide bonds. The summed E-state index contributed by atoms with van der Waals surface area (Å²) in [5, 5.41) is 8.66. The fourth-order valence-corrected chi connectivity index (χ4v) is 5.05. The zero-order valence-corrected chi connectivity index (χ0v) is 17.2. The molecule has 136 valence electrons. The van der Waals surface area contributed by atoms with Gasteiger partial charge in [0.25, 0.3) is 0 Å². The molecule has 3 rings (SSSR count). The van der Waals surface area contributed by atoms with Gasteiger partial charge in [-0.25, -0.2) is 13.1 Å². The van der Waals surface area contributed by atoms with E-state index in [4.69, 9.17) is 5.84 Å². The summed E-state index contributed by atoms with van der Waals surface area (Å²) < 4.78 is 27.0. The van der Waals surface area contributed by atoms with Crippen molar-refractivity contribution in [3.63, 3.8) is 0 Å². The Morgan fingerprint density at radius 3 is 2.38 bits per heavy atom. The van der Waals surface area contributed by atoms with E-state index in [2.05, 4.69) is 26.1 Å². The van der Waals surface area contributed by atoms with Crippen LogP contribution in [0.3, 0.4) is 0 Å². The molecule has 0 spiro atoms. The molecule has 1 heterocycles. The smallest absolute Gasteiger partial charge is 0.210 e. The van der Waals surface area contributed by atoms with Crippen LogP contribution in [0.5, 0.6) is 0 Å². The Bertz CT molecular complexity index is 1000. The molecule has 26 heavy (non-hydrogen) atoms. The number of halogens is 1. The highest BCUT2D eigenvalue weighted by Gasteiger charge is 2.17. The minimum Gasteiger partial charge on any atom is -0.335 e. The lowest BCUT2D eigenvalue weighted by Crippen LogP contribution is -2.13. The quantitative estimate of drug-likeness (QED) is 0.455. The van der Waals surface area contributed by atoms with Gasteiger partial charge in [0.05, 0.1) is 10.6 Å². The Morgan fingerprint density at radius 2 is 1.73 bits per heavy atom. The average Bonchev–Trinajstić information content (AvgIpc) is 2.97. The van der Waals surface area contributed by atoms with Crippen LogP contribution in [-0.2, 0) is 9.84 Å². The summed E-state index contributed by atoms with van der Waals surface area (Å²) in [6.07, 6.45) is 0. The minimum absolute atomic E-state index is 0.00791. The summed E-state index contributed by atoms with van der Waals surface area (Å²) in [5.74, 6) is 6.94. The molecule has 0 unspecified atom stereocenters. The van der Waals surface area contributed by atoms with Gasteiger partial charge in [-0.2, -0.15) is 0 Å². The van der Waals surface area contributed by atoms with Crippen LogP contribution in [0.4, 0.5) is 0 Å². The van der Waals surface area contributed by atoms with Gasteiger partial charge in [0.2, 0.25) is 5.16 Å². The zero-order valence-electron chi connectivity index (χ0n) is 14.0. The first kappa shape index (κ1) is 18.9. The van der Waals surface area contributed by atoms with E-state index in [0.717, 1.165) is 15.6 Å². The van der Waals surface area contributed by atoms with E-state index >= 15 is 0 Å². The van der Waals surface area contributed by atoms with Crippen molar-refractivity contribution in [1.29, 1.82) is 0 Å². The molecule has 0 saturated heterocycles. The second-order valence-electron chi connectivity index (χ2n) is 5.66. The highest BCUT2D eigenvalue weighted by molar-refractivity contribution is 9.10. The van der Waals surface area contributed by atoms with E-state index in [1.807, 2.05) is 31.2 Å². The summed E-state index contributed by atoms with van der Waals surface area (Å²) in [5.41, 5.74) is 2.00.